The zero-order valence-electron chi connectivity index (χ0n) is 18.0. The Morgan fingerprint density at radius 1 is 0.914 bits per heavy atom. The van der Waals surface area contributed by atoms with Crippen molar-refractivity contribution in [3.8, 4) is 0 Å². The van der Waals surface area contributed by atoms with Crippen molar-refractivity contribution >= 4 is 55.8 Å². The highest BCUT2D eigenvalue weighted by molar-refractivity contribution is 7.22. The van der Waals surface area contributed by atoms with Crippen molar-refractivity contribution in [2.45, 2.75) is 19.0 Å². The van der Waals surface area contributed by atoms with Crippen molar-refractivity contribution in [1.29, 1.82) is 0 Å². The van der Waals surface area contributed by atoms with E-state index in [1.165, 1.54) is 23.5 Å². The molecule has 0 saturated heterocycles. The zero-order valence-corrected chi connectivity index (χ0v) is 18.8. The van der Waals surface area contributed by atoms with Crippen LogP contribution in [-0.2, 0) is 11.0 Å². The molecule has 2 heterocycles. The van der Waals surface area contributed by atoms with Gasteiger partial charge in [-0.1, -0.05) is 23.5 Å². The summed E-state index contributed by atoms with van der Waals surface area (Å²) in [5, 5.41) is 9.07. The average molecular weight is 498 g/mol. The second kappa shape index (κ2) is 8.99. The fourth-order valence-electron chi connectivity index (χ4n) is 3.36. The van der Waals surface area contributed by atoms with Crippen molar-refractivity contribution in [2.75, 3.05) is 16.0 Å². The van der Waals surface area contributed by atoms with E-state index in [1.807, 2.05) is 0 Å². The number of hydrogen-bond acceptors (Lipinski definition) is 6. The van der Waals surface area contributed by atoms with E-state index in [0.717, 1.165) is 25.0 Å². The van der Waals surface area contributed by atoms with Crippen LogP contribution in [0.4, 0.5) is 35.5 Å². The number of benzene rings is 2. The Morgan fingerprint density at radius 3 is 2.46 bits per heavy atom. The minimum absolute atomic E-state index is 0.0219. The summed E-state index contributed by atoms with van der Waals surface area (Å²) < 4.78 is 38.8. The fourth-order valence-corrected chi connectivity index (χ4v) is 4.20. The van der Waals surface area contributed by atoms with Crippen LogP contribution in [0.2, 0.25) is 0 Å². The van der Waals surface area contributed by atoms with Crippen LogP contribution >= 0.6 is 11.3 Å². The van der Waals surface area contributed by atoms with Crippen LogP contribution in [0.15, 0.2) is 60.7 Å². The standard InChI is InChI=1S/C24H18F3N5O2S/c25-24(26,27)15-4-1-3-14(11-15)21(34)29-17-6-2-5-16(12-17)28-19-10-9-18-22(31-19)35-23(30-18)32-20(33)13-7-8-13/h1-6,9-13H,7-8H2,(H,28,31)(H,29,34)(H,30,32,33). The summed E-state index contributed by atoms with van der Waals surface area (Å²) in [5.74, 6) is -0.0688. The van der Waals surface area contributed by atoms with Gasteiger partial charge in [-0.15, -0.1) is 0 Å². The van der Waals surface area contributed by atoms with Crippen molar-refractivity contribution in [3.63, 3.8) is 0 Å². The highest BCUT2D eigenvalue weighted by atomic mass is 32.1. The first-order valence-electron chi connectivity index (χ1n) is 10.7. The molecule has 4 aromatic rings. The average Bonchev–Trinajstić information content (AvgIpc) is 3.60. The van der Waals surface area contributed by atoms with Crippen LogP contribution in [0.25, 0.3) is 10.3 Å². The molecule has 2 aromatic carbocycles. The molecule has 178 valence electrons. The number of alkyl halides is 3. The first-order valence-corrected chi connectivity index (χ1v) is 11.5. The minimum Gasteiger partial charge on any atom is -0.340 e. The number of aromatic nitrogens is 2. The molecule has 11 heteroatoms. The Bertz CT molecular complexity index is 1430. The van der Waals surface area contributed by atoms with Gasteiger partial charge in [0.25, 0.3) is 5.91 Å². The van der Waals surface area contributed by atoms with Gasteiger partial charge in [-0.2, -0.15) is 13.2 Å². The van der Waals surface area contributed by atoms with Crippen molar-refractivity contribution < 1.29 is 22.8 Å². The molecule has 7 nitrogen and oxygen atoms in total. The van der Waals surface area contributed by atoms with E-state index in [4.69, 9.17) is 0 Å². The third-order valence-electron chi connectivity index (χ3n) is 5.28. The SMILES string of the molecule is O=C(Nc1cccc(Nc2ccc3nc(NC(=O)C4CC4)sc3n2)c1)c1cccc(C(F)(F)F)c1. The van der Waals surface area contributed by atoms with Gasteiger partial charge in [0.05, 0.1) is 5.56 Å². The van der Waals surface area contributed by atoms with Gasteiger partial charge in [0, 0.05) is 22.9 Å². The second-order valence-electron chi connectivity index (χ2n) is 8.04. The summed E-state index contributed by atoms with van der Waals surface area (Å²) in [6.45, 7) is 0. The molecule has 0 aliphatic heterocycles. The molecule has 0 atom stereocenters. The maximum atomic E-state index is 12.9. The number of thiazole rings is 1. The zero-order chi connectivity index (χ0) is 24.6. The predicted molar refractivity (Wildman–Crippen MR) is 128 cm³/mol. The number of carbonyl (C=O) groups excluding carboxylic acids is 2. The third kappa shape index (κ3) is 5.40. The number of nitrogens with zero attached hydrogens (tertiary/aromatic N) is 2. The number of amides is 2. The topological polar surface area (TPSA) is 96.0 Å². The van der Waals surface area contributed by atoms with E-state index in [9.17, 15) is 22.8 Å². The molecule has 1 fully saturated rings. The Balaban J connectivity index is 1.28. The molecular weight excluding hydrogens is 479 g/mol. The van der Waals surface area contributed by atoms with Gasteiger partial charge in [0.1, 0.15) is 16.2 Å². The number of carbonyl (C=O) groups is 2. The molecule has 1 aliphatic rings. The van der Waals surface area contributed by atoms with Crippen LogP contribution in [0.5, 0.6) is 0 Å². The van der Waals surface area contributed by atoms with E-state index < -0.39 is 17.6 Å². The van der Waals surface area contributed by atoms with Gasteiger partial charge in [-0.3, -0.25) is 9.59 Å². The summed E-state index contributed by atoms with van der Waals surface area (Å²) in [7, 11) is 0. The number of nitrogens with one attached hydrogen (secondary N) is 3. The predicted octanol–water partition coefficient (Wildman–Crippen LogP) is 6.05. The van der Waals surface area contributed by atoms with Gasteiger partial charge in [0.15, 0.2) is 5.13 Å². The first kappa shape index (κ1) is 22.8. The lowest BCUT2D eigenvalue weighted by Gasteiger charge is -2.11. The first-order chi connectivity index (χ1) is 16.7. The molecular formula is C24H18F3N5O2S. The van der Waals surface area contributed by atoms with Crippen LogP contribution < -0.4 is 16.0 Å². The lowest BCUT2D eigenvalue weighted by molar-refractivity contribution is -0.137. The second-order valence-corrected chi connectivity index (χ2v) is 9.02. The number of pyridine rings is 1. The molecule has 0 unspecified atom stereocenters. The van der Waals surface area contributed by atoms with Crippen molar-refractivity contribution in [3.05, 3.63) is 71.8 Å². The lowest BCUT2D eigenvalue weighted by Crippen LogP contribution is -2.14. The van der Waals surface area contributed by atoms with E-state index in [-0.39, 0.29) is 17.4 Å². The number of anilines is 4. The quantitative estimate of drug-likeness (QED) is 0.301. The van der Waals surface area contributed by atoms with Gasteiger partial charge in [-0.05, 0) is 61.4 Å². The van der Waals surface area contributed by atoms with Crippen LogP contribution in [0.1, 0.15) is 28.8 Å². The molecule has 1 saturated carbocycles. The molecule has 0 radical (unpaired) electrons. The Kier molecular flexibility index (Phi) is 5.85. The highest BCUT2D eigenvalue weighted by Crippen LogP contribution is 2.33. The smallest absolute Gasteiger partial charge is 0.340 e. The summed E-state index contributed by atoms with van der Waals surface area (Å²) in [5.41, 5.74) is 0.695. The maximum absolute atomic E-state index is 12.9. The number of halogens is 3. The lowest BCUT2D eigenvalue weighted by atomic mass is 10.1. The van der Waals surface area contributed by atoms with Crippen molar-refractivity contribution in [1.82, 2.24) is 9.97 Å². The molecule has 0 bridgehead atoms. The van der Waals surface area contributed by atoms with Crippen LogP contribution in [0, 0.1) is 5.92 Å². The summed E-state index contributed by atoms with van der Waals surface area (Å²) in [4.78, 5) is 34.0. The largest absolute Gasteiger partial charge is 0.416 e. The molecule has 2 aromatic heterocycles. The number of fused-ring (bicyclic) bond motifs is 1. The summed E-state index contributed by atoms with van der Waals surface area (Å²) in [6.07, 6.45) is -2.72. The monoisotopic (exact) mass is 497 g/mol. The Labute approximate surface area is 201 Å². The molecule has 1 aliphatic carbocycles. The Hall–Kier alpha value is -3.99. The van der Waals surface area contributed by atoms with E-state index in [2.05, 4.69) is 25.9 Å². The highest BCUT2D eigenvalue weighted by Gasteiger charge is 2.31. The number of rotatable bonds is 6. The van der Waals surface area contributed by atoms with E-state index in [1.54, 1.807) is 36.4 Å². The van der Waals surface area contributed by atoms with Gasteiger partial charge in [0.2, 0.25) is 5.91 Å². The summed E-state index contributed by atoms with van der Waals surface area (Å²) >= 11 is 1.28. The Morgan fingerprint density at radius 2 is 1.69 bits per heavy atom. The van der Waals surface area contributed by atoms with Gasteiger partial charge in [-0.25, -0.2) is 9.97 Å². The van der Waals surface area contributed by atoms with Gasteiger partial charge >= 0.3 is 6.18 Å². The minimum atomic E-state index is -4.53. The van der Waals surface area contributed by atoms with Crippen LogP contribution in [0.3, 0.4) is 0 Å². The maximum Gasteiger partial charge on any atom is 0.416 e. The summed E-state index contributed by atoms with van der Waals surface area (Å²) in [6, 6.07) is 14.5. The van der Waals surface area contributed by atoms with Crippen LogP contribution in [-0.4, -0.2) is 21.8 Å². The molecule has 0 spiro atoms. The molecule has 35 heavy (non-hydrogen) atoms. The van der Waals surface area contributed by atoms with Gasteiger partial charge < -0.3 is 16.0 Å². The van der Waals surface area contributed by atoms with E-state index in [0.29, 0.717) is 32.7 Å². The molecule has 5 rings (SSSR count). The number of hydrogen-bond donors (Lipinski definition) is 3. The molecule has 3 N–H and O–H groups in total. The fraction of sp³-hybridized carbons (Fsp3) is 0.167. The third-order valence-corrected chi connectivity index (χ3v) is 6.16. The van der Waals surface area contributed by atoms with Crippen molar-refractivity contribution in [2.24, 2.45) is 5.92 Å². The van der Waals surface area contributed by atoms with E-state index >= 15 is 0 Å². The normalized spacial score (nSPS) is 13.5. The molecule has 2 amide bonds.